The number of esters is 1. The minimum Gasteiger partial charge on any atom is -0.462 e. The zero-order valence-corrected chi connectivity index (χ0v) is 8.54. The Balaban J connectivity index is 2.51. The first-order chi connectivity index (χ1) is 6.66. The van der Waals surface area contributed by atoms with Crippen LogP contribution in [0.5, 0.6) is 0 Å². The van der Waals surface area contributed by atoms with Crippen LogP contribution < -0.4 is 0 Å². The molecule has 0 heterocycles. The lowest BCUT2D eigenvalue weighted by molar-refractivity contribution is -0.140. The Morgan fingerprint density at radius 1 is 1.36 bits per heavy atom. The first-order valence-electron chi connectivity index (χ1n) is 5.07. The normalized spacial score (nSPS) is 16.6. The smallest absolute Gasteiger partial charge is 0.341 e. The van der Waals surface area contributed by atoms with Crippen LogP contribution in [0, 0.1) is 5.92 Å². The zero-order chi connectivity index (χ0) is 10.6. The number of hydrogen-bond acceptors (Lipinski definition) is 3. The number of hydrogen-bond donors (Lipinski definition) is 0. The van der Waals surface area contributed by atoms with Crippen molar-refractivity contribution in [3.8, 4) is 0 Å². The van der Waals surface area contributed by atoms with Gasteiger partial charge >= 0.3 is 5.97 Å². The molecule has 0 aromatic heterocycles. The second kappa shape index (κ2) is 4.94. The van der Waals surface area contributed by atoms with Crippen LogP contribution in [0.3, 0.4) is 0 Å². The molecule has 1 aliphatic rings. The summed E-state index contributed by atoms with van der Waals surface area (Å²) in [5.74, 6) is -0.683. The number of Topliss-reactive ketones (excluding diaryl/α,β-unsaturated/α-hetero) is 1. The van der Waals surface area contributed by atoms with Crippen molar-refractivity contribution in [1.29, 1.82) is 0 Å². The molecular formula is C11H16O3. The summed E-state index contributed by atoms with van der Waals surface area (Å²) < 4.78 is 4.73. The van der Waals surface area contributed by atoms with Gasteiger partial charge in [-0.2, -0.15) is 0 Å². The average molecular weight is 196 g/mol. The molecule has 0 N–H and O–H groups in total. The largest absolute Gasteiger partial charge is 0.462 e. The number of carbonyl (C=O) groups is 2. The number of ether oxygens (including phenoxy) is 1. The third-order valence-electron chi connectivity index (χ3n) is 2.55. The molecule has 0 amide bonds. The molecule has 0 aliphatic heterocycles. The van der Waals surface area contributed by atoms with Crippen molar-refractivity contribution >= 4 is 11.8 Å². The molecule has 0 aromatic rings. The van der Waals surface area contributed by atoms with Crippen LogP contribution in [0.15, 0.2) is 12.2 Å². The molecule has 0 aromatic carbocycles. The molecule has 3 heteroatoms. The van der Waals surface area contributed by atoms with Gasteiger partial charge in [0.15, 0.2) is 5.78 Å². The van der Waals surface area contributed by atoms with Crippen molar-refractivity contribution in [2.45, 2.75) is 32.6 Å². The van der Waals surface area contributed by atoms with E-state index in [1.165, 1.54) is 0 Å². The molecule has 1 saturated carbocycles. The highest BCUT2D eigenvalue weighted by Crippen LogP contribution is 2.27. The molecule has 0 atom stereocenters. The molecule has 1 aliphatic carbocycles. The fraction of sp³-hybridized carbons (Fsp3) is 0.636. The maximum Gasteiger partial charge on any atom is 0.341 e. The summed E-state index contributed by atoms with van der Waals surface area (Å²) in [6.45, 7) is 5.49. The van der Waals surface area contributed by atoms with E-state index >= 15 is 0 Å². The predicted molar refractivity (Wildman–Crippen MR) is 52.7 cm³/mol. The third-order valence-corrected chi connectivity index (χ3v) is 2.55. The Hall–Kier alpha value is -1.12. The number of rotatable bonds is 4. The van der Waals surface area contributed by atoms with Gasteiger partial charge in [0.2, 0.25) is 0 Å². The molecule has 0 unspecified atom stereocenters. The lowest BCUT2D eigenvalue weighted by atomic mass is 9.97. The van der Waals surface area contributed by atoms with Gasteiger partial charge in [-0.25, -0.2) is 4.79 Å². The van der Waals surface area contributed by atoms with Crippen molar-refractivity contribution < 1.29 is 14.3 Å². The maximum atomic E-state index is 11.7. The molecule has 3 nitrogen and oxygen atoms in total. The maximum absolute atomic E-state index is 11.7. The Kier molecular flexibility index (Phi) is 3.86. The summed E-state index contributed by atoms with van der Waals surface area (Å²) >= 11 is 0. The summed E-state index contributed by atoms with van der Waals surface area (Å²) in [5.41, 5.74) is 0.0127. The van der Waals surface area contributed by atoms with Crippen LogP contribution in [0.2, 0.25) is 0 Å². The van der Waals surface area contributed by atoms with E-state index in [1.54, 1.807) is 6.92 Å². The fourth-order valence-electron chi connectivity index (χ4n) is 1.75. The second-order valence-electron chi connectivity index (χ2n) is 3.54. The summed E-state index contributed by atoms with van der Waals surface area (Å²) in [5, 5.41) is 0. The van der Waals surface area contributed by atoms with Gasteiger partial charge in [-0.1, -0.05) is 19.4 Å². The van der Waals surface area contributed by atoms with Crippen molar-refractivity contribution in [3.05, 3.63) is 12.2 Å². The highest BCUT2D eigenvalue weighted by atomic mass is 16.5. The van der Waals surface area contributed by atoms with Gasteiger partial charge in [-0.3, -0.25) is 4.79 Å². The quantitative estimate of drug-likeness (QED) is 0.298. The molecule has 78 valence electrons. The van der Waals surface area contributed by atoms with E-state index < -0.39 is 5.97 Å². The van der Waals surface area contributed by atoms with E-state index in [1.807, 2.05) is 0 Å². The standard InChI is InChI=1S/C11H16O3/c1-3-14-11(13)8(2)10(12)9-6-4-5-7-9/h9H,2-7H2,1H3. The first-order valence-corrected chi connectivity index (χ1v) is 5.07. The van der Waals surface area contributed by atoms with Crippen LogP contribution in [-0.2, 0) is 14.3 Å². The summed E-state index contributed by atoms with van der Waals surface area (Å²) in [7, 11) is 0. The molecule has 14 heavy (non-hydrogen) atoms. The molecule has 0 radical (unpaired) electrons. The van der Waals surface area contributed by atoms with Gasteiger partial charge in [0.1, 0.15) is 0 Å². The van der Waals surface area contributed by atoms with Crippen molar-refractivity contribution in [1.82, 2.24) is 0 Å². The SMILES string of the molecule is C=C(C(=O)OCC)C(=O)C1CCCC1. The summed E-state index contributed by atoms with van der Waals surface area (Å²) in [4.78, 5) is 22.9. The first kappa shape index (κ1) is 11.0. The second-order valence-corrected chi connectivity index (χ2v) is 3.54. The van der Waals surface area contributed by atoms with Crippen molar-refractivity contribution in [2.75, 3.05) is 6.61 Å². The zero-order valence-electron chi connectivity index (χ0n) is 8.54. The van der Waals surface area contributed by atoms with Crippen molar-refractivity contribution in [3.63, 3.8) is 0 Å². The van der Waals surface area contributed by atoms with Gasteiger partial charge in [-0.15, -0.1) is 0 Å². The van der Waals surface area contributed by atoms with Gasteiger partial charge in [0, 0.05) is 5.92 Å². The van der Waals surface area contributed by atoms with Crippen LogP contribution in [0.1, 0.15) is 32.6 Å². The van der Waals surface area contributed by atoms with Gasteiger partial charge < -0.3 is 4.74 Å². The van der Waals surface area contributed by atoms with E-state index in [0.717, 1.165) is 25.7 Å². The minimum absolute atomic E-state index is 0.00639. The number of ketones is 1. The molecule has 0 spiro atoms. The Bertz CT molecular complexity index is 249. The Morgan fingerprint density at radius 2 is 1.93 bits per heavy atom. The van der Waals surface area contributed by atoms with Crippen LogP contribution in [-0.4, -0.2) is 18.4 Å². The third kappa shape index (κ3) is 2.44. The van der Waals surface area contributed by atoms with E-state index in [2.05, 4.69) is 6.58 Å². The van der Waals surface area contributed by atoms with E-state index in [-0.39, 0.29) is 23.9 Å². The van der Waals surface area contributed by atoms with E-state index in [4.69, 9.17) is 4.74 Å². The lowest BCUT2D eigenvalue weighted by Crippen LogP contribution is -2.20. The van der Waals surface area contributed by atoms with Gasteiger partial charge in [-0.05, 0) is 19.8 Å². The average Bonchev–Trinajstić information content (AvgIpc) is 2.68. The predicted octanol–water partition coefficient (Wildman–Crippen LogP) is 1.86. The highest BCUT2D eigenvalue weighted by Gasteiger charge is 2.27. The van der Waals surface area contributed by atoms with Gasteiger partial charge in [0.05, 0.1) is 12.2 Å². The molecule has 0 saturated heterocycles. The molecule has 1 rings (SSSR count). The summed E-state index contributed by atoms with van der Waals surface area (Å²) in [6.07, 6.45) is 3.92. The van der Waals surface area contributed by atoms with E-state index in [9.17, 15) is 9.59 Å². The molecular weight excluding hydrogens is 180 g/mol. The Labute approximate surface area is 84.1 Å². The van der Waals surface area contributed by atoms with Crippen LogP contribution >= 0.6 is 0 Å². The molecule has 1 fully saturated rings. The van der Waals surface area contributed by atoms with Gasteiger partial charge in [0.25, 0.3) is 0 Å². The van der Waals surface area contributed by atoms with Crippen molar-refractivity contribution in [2.24, 2.45) is 5.92 Å². The summed E-state index contributed by atoms with van der Waals surface area (Å²) in [6, 6.07) is 0. The van der Waals surface area contributed by atoms with E-state index in [0.29, 0.717) is 0 Å². The Morgan fingerprint density at radius 3 is 2.43 bits per heavy atom. The number of carbonyl (C=O) groups excluding carboxylic acids is 2. The monoisotopic (exact) mass is 196 g/mol. The van der Waals surface area contributed by atoms with Crippen LogP contribution in [0.4, 0.5) is 0 Å². The fourth-order valence-corrected chi connectivity index (χ4v) is 1.75. The topological polar surface area (TPSA) is 43.4 Å². The molecule has 0 bridgehead atoms. The van der Waals surface area contributed by atoms with Crippen LogP contribution in [0.25, 0.3) is 0 Å². The minimum atomic E-state index is -0.565. The highest BCUT2D eigenvalue weighted by molar-refractivity contribution is 6.17. The lowest BCUT2D eigenvalue weighted by Gasteiger charge is -2.09.